The highest BCUT2D eigenvalue weighted by Crippen LogP contribution is 2.19. The van der Waals surface area contributed by atoms with E-state index in [1.54, 1.807) is 18.2 Å². The highest BCUT2D eigenvalue weighted by atomic mass is 16.3. The molecule has 1 amide bonds. The number of nitrogen functional groups attached to an aromatic ring is 1. The van der Waals surface area contributed by atoms with Crippen molar-refractivity contribution in [3.05, 3.63) is 23.8 Å². The van der Waals surface area contributed by atoms with E-state index >= 15 is 0 Å². The van der Waals surface area contributed by atoms with Crippen LogP contribution in [-0.4, -0.2) is 23.7 Å². The quantitative estimate of drug-likeness (QED) is 0.553. The third-order valence-corrected chi connectivity index (χ3v) is 2.60. The van der Waals surface area contributed by atoms with E-state index in [-0.39, 0.29) is 6.10 Å². The Balaban J connectivity index is 2.57. The number of hydrogen-bond acceptors (Lipinski definition) is 4. The van der Waals surface area contributed by atoms with Gasteiger partial charge in [0.25, 0.3) is 0 Å². The molecule has 5 nitrogen and oxygen atoms in total. The summed E-state index contributed by atoms with van der Waals surface area (Å²) < 4.78 is 0. The largest absolute Gasteiger partial charge is 0.397 e. The molecule has 6 N–H and O–H groups in total. The van der Waals surface area contributed by atoms with Crippen LogP contribution < -0.4 is 16.8 Å². The van der Waals surface area contributed by atoms with Gasteiger partial charge in [-0.05, 0) is 31.0 Å². The van der Waals surface area contributed by atoms with Crippen molar-refractivity contribution in [2.45, 2.75) is 25.9 Å². The molecule has 94 valence electrons. The van der Waals surface area contributed by atoms with Crippen molar-refractivity contribution < 1.29 is 9.90 Å². The van der Waals surface area contributed by atoms with E-state index in [2.05, 4.69) is 5.32 Å². The third-order valence-electron chi connectivity index (χ3n) is 2.60. The van der Waals surface area contributed by atoms with Crippen molar-refractivity contribution in [1.82, 2.24) is 0 Å². The van der Waals surface area contributed by atoms with Gasteiger partial charge in [-0.15, -0.1) is 0 Å². The van der Waals surface area contributed by atoms with Crippen LogP contribution in [0.1, 0.15) is 30.1 Å². The number of anilines is 2. The topological polar surface area (TPSA) is 101 Å². The summed E-state index contributed by atoms with van der Waals surface area (Å²) in [6.45, 7) is 2.57. The Morgan fingerprint density at radius 2 is 2.24 bits per heavy atom. The van der Waals surface area contributed by atoms with Gasteiger partial charge in [0.15, 0.2) is 0 Å². The van der Waals surface area contributed by atoms with Crippen LogP contribution in [0.15, 0.2) is 18.2 Å². The molecule has 1 atom stereocenters. The van der Waals surface area contributed by atoms with Gasteiger partial charge in [-0.1, -0.05) is 6.92 Å². The molecule has 0 bridgehead atoms. The van der Waals surface area contributed by atoms with Gasteiger partial charge < -0.3 is 21.9 Å². The first-order chi connectivity index (χ1) is 8.04. The molecule has 0 saturated carbocycles. The van der Waals surface area contributed by atoms with Crippen LogP contribution in [0.3, 0.4) is 0 Å². The second kappa shape index (κ2) is 6.10. The first-order valence-corrected chi connectivity index (χ1v) is 5.65. The lowest BCUT2D eigenvalue weighted by molar-refractivity contribution is 0.100. The van der Waals surface area contributed by atoms with E-state index in [1.165, 1.54) is 0 Å². The molecule has 0 aliphatic rings. The molecule has 1 rings (SSSR count). The first kappa shape index (κ1) is 13.3. The lowest BCUT2D eigenvalue weighted by atomic mass is 10.1. The van der Waals surface area contributed by atoms with E-state index < -0.39 is 5.91 Å². The fourth-order valence-corrected chi connectivity index (χ4v) is 1.45. The second-order valence-electron chi connectivity index (χ2n) is 3.94. The number of primary amides is 1. The van der Waals surface area contributed by atoms with Crippen LogP contribution >= 0.6 is 0 Å². The summed E-state index contributed by atoms with van der Waals surface area (Å²) >= 11 is 0. The number of benzene rings is 1. The number of rotatable bonds is 6. The number of hydrogen-bond donors (Lipinski definition) is 4. The molecule has 1 aromatic carbocycles. The molecule has 0 fully saturated rings. The Kier molecular flexibility index (Phi) is 4.78. The Morgan fingerprint density at radius 1 is 1.53 bits per heavy atom. The number of aliphatic hydroxyl groups is 1. The zero-order valence-corrected chi connectivity index (χ0v) is 9.94. The number of nitrogens with two attached hydrogens (primary N) is 2. The predicted molar refractivity (Wildman–Crippen MR) is 68.8 cm³/mol. The van der Waals surface area contributed by atoms with Crippen LogP contribution in [0.4, 0.5) is 11.4 Å². The molecule has 0 aromatic heterocycles. The summed E-state index contributed by atoms with van der Waals surface area (Å²) in [5, 5.41) is 12.5. The smallest absolute Gasteiger partial charge is 0.248 e. The third kappa shape index (κ3) is 3.96. The minimum atomic E-state index is -0.496. The Hall–Kier alpha value is -1.75. The van der Waals surface area contributed by atoms with Crippen molar-refractivity contribution >= 4 is 17.3 Å². The van der Waals surface area contributed by atoms with Gasteiger partial charge in [0, 0.05) is 12.1 Å². The fraction of sp³-hybridized carbons (Fsp3) is 0.417. The second-order valence-corrected chi connectivity index (χ2v) is 3.94. The van der Waals surface area contributed by atoms with Gasteiger partial charge in [0.05, 0.1) is 17.5 Å². The minimum absolute atomic E-state index is 0.298. The van der Waals surface area contributed by atoms with Crippen LogP contribution in [0, 0.1) is 0 Å². The van der Waals surface area contributed by atoms with Crippen molar-refractivity contribution in [1.29, 1.82) is 0 Å². The van der Waals surface area contributed by atoms with Crippen LogP contribution in [0.25, 0.3) is 0 Å². The first-order valence-electron chi connectivity index (χ1n) is 5.65. The zero-order chi connectivity index (χ0) is 12.8. The number of aliphatic hydroxyl groups excluding tert-OH is 1. The van der Waals surface area contributed by atoms with Gasteiger partial charge in [-0.2, -0.15) is 0 Å². The predicted octanol–water partition coefficient (Wildman–Crippen LogP) is 0.941. The average molecular weight is 237 g/mol. The van der Waals surface area contributed by atoms with Gasteiger partial charge >= 0.3 is 0 Å². The zero-order valence-electron chi connectivity index (χ0n) is 9.94. The summed E-state index contributed by atoms with van der Waals surface area (Å²) in [5.41, 5.74) is 12.5. The summed E-state index contributed by atoms with van der Waals surface area (Å²) in [6, 6.07) is 4.88. The van der Waals surface area contributed by atoms with Crippen molar-refractivity contribution in [2.75, 3.05) is 17.6 Å². The van der Waals surface area contributed by atoms with E-state index in [0.717, 1.165) is 12.1 Å². The fourth-order valence-electron chi connectivity index (χ4n) is 1.45. The molecule has 1 aromatic rings. The Labute approximate surface area is 101 Å². The van der Waals surface area contributed by atoms with Gasteiger partial charge in [0.2, 0.25) is 5.91 Å². The molecule has 0 spiro atoms. The highest BCUT2D eigenvalue weighted by Gasteiger charge is 2.05. The van der Waals surface area contributed by atoms with E-state index in [4.69, 9.17) is 11.5 Å². The summed E-state index contributed by atoms with van der Waals surface area (Å²) in [4.78, 5) is 10.9. The standard InChI is InChI=1S/C12H19N3O2/c1-2-9(16)5-6-15-11-4-3-8(12(14)17)7-10(11)13/h3-4,7,9,15-16H,2,5-6,13H2,1H3,(H2,14,17). The molecule has 0 radical (unpaired) electrons. The van der Waals surface area contributed by atoms with Gasteiger partial charge in [0.1, 0.15) is 0 Å². The number of carbonyl (C=O) groups is 1. The maximum Gasteiger partial charge on any atom is 0.248 e. The number of nitrogens with one attached hydrogen (secondary N) is 1. The molecule has 5 heteroatoms. The minimum Gasteiger partial charge on any atom is -0.397 e. The number of amides is 1. The molecule has 17 heavy (non-hydrogen) atoms. The average Bonchev–Trinajstić information content (AvgIpc) is 2.30. The van der Waals surface area contributed by atoms with Crippen LogP contribution in [0.2, 0.25) is 0 Å². The lowest BCUT2D eigenvalue weighted by Crippen LogP contribution is -2.14. The molecule has 0 aliphatic carbocycles. The Morgan fingerprint density at radius 3 is 2.76 bits per heavy atom. The van der Waals surface area contributed by atoms with Gasteiger partial charge in [-0.25, -0.2) is 0 Å². The lowest BCUT2D eigenvalue weighted by Gasteiger charge is -2.12. The maximum atomic E-state index is 10.9. The van der Waals surface area contributed by atoms with Crippen molar-refractivity contribution in [3.63, 3.8) is 0 Å². The SMILES string of the molecule is CCC(O)CCNc1ccc(C(N)=O)cc1N. The molecule has 0 saturated heterocycles. The molecule has 0 aliphatic heterocycles. The normalized spacial score (nSPS) is 12.1. The molecule has 0 heterocycles. The van der Waals surface area contributed by atoms with E-state index in [0.29, 0.717) is 24.2 Å². The Bertz CT molecular complexity index is 393. The highest BCUT2D eigenvalue weighted by molar-refractivity contribution is 5.94. The summed E-state index contributed by atoms with van der Waals surface area (Å²) in [7, 11) is 0. The van der Waals surface area contributed by atoms with Crippen molar-refractivity contribution in [3.8, 4) is 0 Å². The van der Waals surface area contributed by atoms with E-state index in [9.17, 15) is 9.90 Å². The van der Waals surface area contributed by atoms with E-state index in [1.807, 2.05) is 6.92 Å². The molecular weight excluding hydrogens is 218 g/mol. The maximum absolute atomic E-state index is 10.9. The van der Waals surface area contributed by atoms with Crippen molar-refractivity contribution in [2.24, 2.45) is 5.73 Å². The van der Waals surface area contributed by atoms with Crippen LogP contribution in [0.5, 0.6) is 0 Å². The number of carbonyl (C=O) groups excluding carboxylic acids is 1. The molecular formula is C12H19N3O2. The summed E-state index contributed by atoms with van der Waals surface area (Å²) in [5.74, 6) is -0.496. The summed E-state index contributed by atoms with van der Waals surface area (Å²) in [6.07, 6.45) is 1.10. The molecule has 1 unspecified atom stereocenters. The van der Waals surface area contributed by atoms with Gasteiger partial charge in [-0.3, -0.25) is 4.79 Å². The van der Waals surface area contributed by atoms with Crippen LogP contribution in [-0.2, 0) is 0 Å². The monoisotopic (exact) mass is 237 g/mol.